The molecule has 7 heteroatoms. The molecule has 0 spiro atoms. The monoisotopic (exact) mass is 257 g/mol. The predicted octanol–water partition coefficient (Wildman–Crippen LogP) is 1.33. The third-order valence-electron chi connectivity index (χ3n) is 2.21. The second kappa shape index (κ2) is 7.97. The fourth-order valence-electron chi connectivity index (χ4n) is 1.37. The zero-order chi connectivity index (χ0) is 12.5. The molecule has 0 saturated carbocycles. The fourth-order valence-corrected chi connectivity index (χ4v) is 1.87. The van der Waals surface area contributed by atoms with Crippen molar-refractivity contribution in [2.24, 2.45) is 5.84 Å². The first-order chi connectivity index (χ1) is 8.33. The fraction of sp³-hybridized carbons (Fsp3) is 0.600. The summed E-state index contributed by atoms with van der Waals surface area (Å²) in [6, 6.07) is 0. The number of nitrogens with two attached hydrogens (primary N) is 1. The molecule has 0 amide bonds. The number of hydrazine groups is 1. The van der Waals surface area contributed by atoms with Gasteiger partial charge in [0.1, 0.15) is 6.33 Å². The van der Waals surface area contributed by atoms with Crippen molar-refractivity contribution in [2.75, 3.05) is 36.4 Å². The number of ether oxygens (including phenoxy) is 1. The Morgan fingerprint density at radius 2 is 2.12 bits per heavy atom. The number of rotatable bonds is 8. The quantitative estimate of drug-likeness (QED) is 0.368. The van der Waals surface area contributed by atoms with Crippen LogP contribution in [0.25, 0.3) is 0 Å². The normalized spacial score (nSPS) is 10.1. The van der Waals surface area contributed by atoms with Crippen LogP contribution in [0.1, 0.15) is 12.8 Å². The summed E-state index contributed by atoms with van der Waals surface area (Å²) in [5, 5.41) is 3.22. The van der Waals surface area contributed by atoms with E-state index in [1.807, 2.05) is 11.8 Å². The van der Waals surface area contributed by atoms with Crippen LogP contribution in [0.5, 0.6) is 5.75 Å². The lowest BCUT2D eigenvalue weighted by atomic mass is 10.3. The molecule has 17 heavy (non-hydrogen) atoms. The number of nitrogens with zero attached hydrogens (tertiary/aromatic N) is 2. The summed E-state index contributed by atoms with van der Waals surface area (Å²) >= 11 is 1.86. The van der Waals surface area contributed by atoms with E-state index in [0.29, 0.717) is 17.4 Å². The molecule has 0 aliphatic rings. The molecule has 1 aromatic heterocycles. The second-order valence-electron chi connectivity index (χ2n) is 3.38. The minimum absolute atomic E-state index is 0.481. The molecule has 0 bridgehead atoms. The van der Waals surface area contributed by atoms with Crippen molar-refractivity contribution in [2.45, 2.75) is 12.8 Å². The lowest BCUT2D eigenvalue weighted by Gasteiger charge is -2.12. The number of aromatic nitrogens is 2. The molecule has 0 aromatic carbocycles. The van der Waals surface area contributed by atoms with E-state index in [1.54, 1.807) is 7.11 Å². The van der Waals surface area contributed by atoms with Crippen LogP contribution in [0, 0.1) is 0 Å². The average Bonchev–Trinajstić information content (AvgIpc) is 2.38. The summed E-state index contributed by atoms with van der Waals surface area (Å²) in [4.78, 5) is 8.10. The lowest BCUT2D eigenvalue weighted by molar-refractivity contribution is 0.414. The molecule has 96 valence electrons. The minimum atomic E-state index is 0.481. The summed E-state index contributed by atoms with van der Waals surface area (Å²) in [6.07, 6.45) is 5.84. The summed E-state index contributed by atoms with van der Waals surface area (Å²) in [7, 11) is 1.57. The third-order valence-corrected chi connectivity index (χ3v) is 2.91. The van der Waals surface area contributed by atoms with Crippen LogP contribution in [-0.4, -0.2) is 35.6 Å². The van der Waals surface area contributed by atoms with Gasteiger partial charge in [-0.05, 0) is 24.9 Å². The predicted molar refractivity (Wildman–Crippen MR) is 72.5 cm³/mol. The van der Waals surface area contributed by atoms with Crippen molar-refractivity contribution < 1.29 is 4.74 Å². The zero-order valence-corrected chi connectivity index (χ0v) is 11.0. The maximum absolute atomic E-state index is 5.34. The van der Waals surface area contributed by atoms with Crippen molar-refractivity contribution in [1.82, 2.24) is 9.97 Å². The van der Waals surface area contributed by atoms with E-state index in [9.17, 15) is 0 Å². The van der Waals surface area contributed by atoms with Gasteiger partial charge in [-0.25, -0.2) is 15.8 Å². The summed E-state index contributed by atoms with van der Waals surface area (Å²) in [6.45, 7) is 0.859. The zero-order valence-electron chi connectivity index (χ0n) is 10.2. The molecule has 0 fully saturated rings. The van der Waals surface area contributed by atoms with E-state index in [0.717, 1.165) is 13.0 Å². The van der Waals surface area contributed by atoms with Crippen LogP contribution in [0.3, 0.4) is 0 Å². The standard InChI is InChI=1S/C10H19N5OS/c1-16-8-9(12-5-3-4-6-17-2)13-7-14-10(8)15-11/h7H,3-6,11H2,1-2H3,(H2,12,13,14,15). The molecule has 1 heterocycles. The Kier molecular flexibility index (Phi) is 6.49. The van der Waals surface area contributed by atoms with Gasteiger partial charge in [-0.3, -0.25) is 0 Å². The van der Waals surface area contributed by atoms with Crippen LogP contribution in [0.4, 0.5) is 11.6 Å². The first-order valence-electron chi connectivity index (χ1n) is 5.42. The van der Waals surface area contributed by atoms with Crippen LogP contribution >= 0.6 is 11.8 Å². The Morgan fingerprint density at radius 1 is 1.35 bits per heavy atom. The number of nitrogen functional groups attached to an aromatic ring is 1. The molecule has 4 N–H and O–H groups in total. The Bertz CT molecular complexity index is 336. The highest BCUT2D eigenvalue weighted by atomic mass is 32.2. The van der Waals surface area contributed by atoms with Crippen molar-refractivity contribution in [3.05, 3.63) is 6.33 Å². The van der Waals surface area contributed by atoms with E-state index in [4.69, 9.17) is 10.6 Å². The lowest BCUT2D eigenvalue weighted by Crippen LogP contribution is -2.13. The maximum atomic E-state index is 5.34. The van der Waals surface area contributed by atoms with E-state index >= 15 is 0 Å². The number of thioether (sulfide) groups is 1. The summed E-state index contributed by atoms with van der Waals surface area (Å²) in [5.41, 5.74) is 2.48. The van der Waals surface area contributed by atoms with Gasteiger partial charge in [0, 0.05) is 6.54 Å². The van der Waals surface area contributed by atoms with Gasteiger partial charge in [-0.1, -0.05) is 0 Å². The van der Waals surface area contributed by atoms with Gasteiger partial charge in [0.25, 0.3) is 0 Å². The van der Waals surface area contributed by atoms with Gasteiger partial charge in [0.05, 0.1) is 7.11 Å². The third kappa shape index (κ3) is 4.27. The molecule has 0 atom stereocenters. The molecule has 6 nitrogen and oxygen atoms in total. The van der Waals surface area contributed by atoms with Gasteiger partial charge < -0.3 is 15.5 Å². The number of hydrogen-bond donors (Lipinski definition) is 3. The molecule has 0 aliphatic carbocycles. The molecular formula is C10H19N5OS. The Labute approximate surface area is 106 Å². The molecule has 0 aliphatic heterocycles. The van der Waals surface area contributed by atoms with Crippen molar-refractivity contribution in [1.29, 1.82) is 0 Å². The summed E-state index contributed by atoms with van der Waals surface area (Å²) in [5.74, 6) is 8.21. The maximum Gasteiger partial charge on any atom is 0.205 e. The second-order valence-corrected chi connectivity index (χ2v) is 4.36. The van der Waals surface area contributed by atoms with Crippen LogP contribution in [-0.2, 0) is 0 Å². The van der Waals surface area contributed by atoms with E-state index in [2.05, 4.69) is 27.0 Å². The molecule has 1 rings (SSSR count). The topological polar surface area (TPSA) is 85.1 Å². The highest BCUT2D eigenvalue weighted by molar-refractivity contribution is 7.98. The SMILES string of the molecule is COc1c(NN)ncnc1NCCCCSC. The number of unbranched alkanes of at least 4 members (excludes halogenated alkanes) is 1. The van der Waals surface area contributed by atoms with Crippen LogP contribution < -0.4 is 21.3 Å². The van der Waals surface area contributed by atoms with Crippen molar-refractivity contribution in [3.8, 4) is 5.75 Å². The molecule has 0 radical (unpaired) electrons. The molecule has 0 saturated heterocycles. The van der Waals surface area contributed by atoms with Gasteiger partial charge in [-0.2, -0.15) is 11.8 Å². The largest absolute Gasteiger partial charge is 0.490 e. The van der Waals surface area contributed by atoms with E-state index in [-0.39, 0.29) is 0 Å². The van der Waals surface area contributed by atoms with Crippen molar-refractivity contribution >= 4 is 23.4 Å². The summed E-state index contributed by atoms with van der Waals surface area (Å²) < 4.78 is 5.21. The van der Waals surface area contributed by atoms with Gasteiger partial charge >= 0.3 is 0 Å². The minimum Gasteiger partial charge on any atom is -0.490 e. The molecule has 1 aromatic rings. The van der Waals surface area contributed by atoms with E-state index < -0.39 is 0 Å². The van der Waals surface area contributed by atoms with Gasteiger partial charge in [-0.15, -0.1) is 0 Å². The Morgan fingerprint density at radius 3 is 2.76 bits per heavy atom. The molecular weight excluding hydrogens is 238 g/mol. The molecule has 0 unspecified atom stereocenters. The first-order valence-corrected chi connectivity index (χ1v) is 6.81. The number of anilines is 2. The Hall–Kier alpha value is -1.21. The first kappa shape index (κ1) is 13.9. The highest BCUT2D eigenvalue weighted by Gasteiger charge is 2.10. The number of nitrogens with one attached hydrogen (secondary N) is 2. The Balaban J connectivity index is 2.52. The van der Waals surface area contributed by atoms with Gasteiger partial charge in [0.2, 0.25) is 5.75 Å². The van der Waals surface area contributed by atoms with Crippen LogP contribution in [0.2, 0.25) is 0 Å². The number of methoxy groups -OCH3 is 1. The van der Waals surface area contributed by atoms with Crippen LogP contribution in [0.15, 0.2) is 6.33 Å². The highest BCUT2D eigenvalue weighted by Crippen LogP contribution is 2.27. The smallest absolute Gasteiger partial charge is 0.205 e. The average molecular weight is 257 g/mol. The van der Waals surface area contributed by atoms with Gasteiger partial charge in [0.15, 0.2) is 11.6 Å². The number of hydrogen-bond acceptors (Lipinski definition) is 7. The van der Waals surface area contributed by atoms with Crippen molar-refractivity contribution in [3.63, 3.8) is 0 Å². The van der Waals surface area contributed by atoms with E-state index in [1.165, 1.54) is 18.5 Å².